The third kappa shape index (κ3) is 3.87. The smallest absolute Gasteiger partial charge is 0.316 e. The monoisotopic (exact) mass is 232 g/mol. The number of hydrogen-bond acceptors (Lipinski definition) is 3. The van der Waals surface area contributed by atoms with Crippen molar-refractivity contribution in [3.05, 3.63) is 48.0 Å². The van der Waals surface area contributed by atoms with Gasteiger partial charge in [0.2, 0.25) is 0 Å². The van der Waals surface area contributed by atoms with Crippen molar-refractivity contribution in [2.75, 3.05) is 6.61 Å². The van der Waals surface area contributed by atoms with Crippen molar-refractivity contribution >= 4 is 11.8 Å². The molecule has 0 N–H and O–H groups in total. The average Bonchev–Trinajstić information content (AvgIpc) is 2.35. The molecule has 0 aromatic heterocycles. The second-order valence-electron chi connectivity index (χ2n) is 4.02. The first-order valence-electron chi connectivity index (χ1n) is 5.42. The molecular formula is C14H16O3. The van der Waals surface area contributed by atoms with Crippen molar-refractivity contribution in [1.29, 1.82) is 0 Å². The third-order valence-electron chi connectivity index (χ3n) is 2.27. The van der Waals surface area contributed by atoms with Gasteiger partial charge in [0.05, 0.1) is 0 Å². The zero-order valence-electron chi connectivity index (χ0n) is 10.1. The molecule has 0 fully saturated rings. The van der Waals surface area contributed by atoms with E-state index < -0.39 is 11.9 Å². The molecule has 17 heavy (non-hydrogen) atoms. The summed E-state index contributed by atoms with van der Waals surface area (Å²) in [6.07, 6.45) is 0. The maximum atomic E-state index is 11.9. The van der Waals surface area contributed by atoms with E-state index in [1.807, 2.05) is 6.07 Å². The molecule has 3 nitrogen and oxygen atoms in total. The van der Waals surface area contributed by atoms with Crippen LogP contribution in [0.2, 0.25) is 0 Å². The highest BCUT2D eigenvalue weighted by Gasteiger charge is 2.23. The maximum Gasteiger partial charge on any atom is 0.316 e. The minimum Gasteiger partial charge on any atom is -0.461 e. The van der Waals surface area contributed by atoms with Crippen LogP contribution in [0.15, 0.2) is 42.5 Å². The Balaban J connectivity index is 2.64. The van der Waals surface area contributed by atoms with Gasteiger partial charge >= 0.3 is 5.97 Å². The number of hydrogen-bond donors (Lipinski definition) is 0. The lowest BCUT2D eigenvalue weighted by atomic mass is 10.00. The van der Waals surface area contributed by atoms with E-state index in [0.29, 0.717) is 5.56 Å². The summed E-state index contributed by atoms with van der Waals surface area (Å²) in [5.41, 5.74) is 1.27. The molecule has 1 aromatic carbocycles. The molecular weight excluding hydrogens is 216 g/mol. The molecule has 0 aliphatic heterocycles. The number of Topliss-reactive ketones (excluding diaryl/α,β-unsaturated/α-hetero) is 1. The fraction of sp³-hybridized carbons (Fsp3) is 0.286. The van der Waals surface area contributed by atoms with Crippen LogP contribution in [0.5, 0.6) is 0 Å². The molecule has 0 saturated carbocycles. The van der Waals surface area contributed by atoms with Gasteiger partial charge in [0.15, 0.2) is 5.78 Å². The first-order valence-corrected chi connectivity index (χ1v) is 5.42. The Morgan fingerprint density at radius 1 is 1.29 bits per heavy atom. The predicted octanol–water partition coefficient (Wildman–Crippen LogP) is 2.62. The summed E-state index contributed by atoms with van der Waals surface area (Å²) in [4.78, 5) is 23.5. The van der Waals surface area contributed by atoms with E-state index in [1.165, 1.54) is 0 Å². The minimum atomic E-state index is -0.781. The SMILES string of the molecule is C=C(C)COC(=O)C(C)C(=O)c1ccccc1. The van der Waals surface area contributed by atoms with E-state index in [-0.39, 0.29) is 12.4 Å². The Kier molecular flexibility index (Phi) is 4.64. The lowest BCUT2D eigenvalue weighted by molar-refractivity contribution is -0.145. The molecule has 1 rings (SSSR count). The van der Waals surface area contributed by atoms with Crippen LogP contribution in [-0.4, -0.2) is 18.4 Å². The molecule has 0 spiro atoms. The largest absolute Gasteiger partial charge is 0.461 e. The molecule has 0 aliphatic rings. The zero-order chi connectivity index (χ0) is 12.8. The molecule has 1 unspecified atom stereocenters. The van der Waals surface area contributed by atoms with Gasteiger partial charge in [-0.1, -0.05) is 36.9 Å². The summed E-state index contributed by atoms with van der Waals surface area (Å²) in [7, 11) is 0. The standard InChI is InChI=1S/C14H16O3/c1-10(2)9-17-14(16)11(3)13(15)12-7-5-4-6-8-12/h4-8,11H,1,9H2,2-3H3. The normalized spacial score (nSPS) is 11.6. The second-order valence-corrected chi connectivity index (χ2v) is 4.02. The van der Waals surface area contributed by atoms with E-state index in [4.69, 9.17) is 4.74 Å². The van der Waals surface area contributed by atoms with Gasteiger partial charge in [0.1, 0.15) is 12.5 Å². The van der Waals surface area contributed by atoms with Gasteiger partial charge in [-0.3, -0.25) is 9.59 Å². The number of esters is 1. The molecule has 0 heterocycles. The summed E-state index contributed by atoms with van der Waals surface area (Å²) in [5, 5.41) is 0. The van der Waals surface area contributed by atoms with Crippen LogP contribution in [0, 0.1) is 5.92 Å². The number of ketones is 1. The van der Waals surface area contributed by atoms with Crippen molar-refractivity contribution < 1.29 is 14.3 Å². The fourth-order valence-corrected chi connectivity index (χ4v) is 1.28. The first kappa shape index (κ1) is 13.2. The Morgan fingerprint density at radius 3 is 2.41 bits per heavy atom. The van der Waals surface area contributed by atoms with E-state index in [2.05, 4.69) is 6.58 Å². The molecule has 0 radical (unpaired) electrons. The fourth-order valence-electron chi connectivity index (χ4n) is 1.28. The summed E-state index contributed by atoms with van der Waals surface area (Å²) >= 11 is 0. The molecule has 0 amide bonds. The minimum absolute atomic E-state index is 0.158. The van der Waals surface area contributed by atoms with Crippen molar-refractivity contribution in [1.82, 2.24) is 0 Å². The first-order chi connectivity index (χ1) is 8.02. The highest BCUT2D eigenvalue weighted by atomic mass is 16.5. The van der Waals surface area contributed by atoms with Gasteiger partial charge in [-0.2, -0.15) is 0 Å². The number of carbonyl (C=O) groups excluding carboxylic acids is 2. The number of ether oxygens (including phenoxy) is 1. The van der Waals surface area contributed by atoms with Crippen LogP contribution in [-0.2, 0) is 9.53 Å². The highest BCUT2D eigenvalue weighted by molar-refractivity contribution is 6.08. The Labute approximate surface area is 101 Å². The Bertz CT molecular complexity index is 420. The molecule has 0 aliphatic carbocycles. The lowest BCUT2D eigenvalue weighted by Gasteiger charge is -2.10. The van der Waals surface area contributed by atoms with Crippen molar-refractivity contribution in [3.63, 3.8) is 0 Å². The van der Waals surface area contributed by atoms with Crippen LogP contribution in [0.25, 0.3) is 0 Å². The molecule has 3 heteroatoms. The maximum absolute atomic E-state index is 11.9. The van der Waals surface area contributed by atoms with Crippen molar-refractivity contribution in [3.8, 4) is 0 Å². The van der Waals surface area contributed by atoms with Crippen LogP contribution in [0.1, 0.15) is 24.2 Å². The predicted molar refractivity (Wildman–Crippen MR) is 65.7 cm³/mol. The molecule has 0 bridgehead atoms. The molecule has 1 aromatic rings. The van der Waals surface area contributed by atoms with Gasteiger partial charge < -0.3 is 4.74 Å². The quantitative estimate of drug-likeness (QED) is 0.339. The number of rotatable bonds is 5. The van der Waals surface area contributed by atoms with Crippen LogP contribution in [0.4, 0.5) is 0 Å². The van der Waals surface area contributed by atoms with Crippen LogP contribution < -0.4 is 0 Å². The summed E-state index contributed by atoms with van der Waals surface area (Å²) in [5.74, 6) is -1.52. The van der Waals surface area contributed by atoms with Crippen molar-refractivity contribution in [2.24, 2.45) is 5.92 Å². The number of carbonyl (C=O) groups is 2. The summed E-state index contributed by atoms with van der Waals surface area (Å²) in [6, 6.07) is 8.72. The third-order valence-corrected chi connectivity index (χ3v) is 2.27. The van der Waals surface area contributed by atoms with Crippen molar-refractivity contribution in [2.45, 2.75) is 13.8 Å². The van der Waals surface area contributed by atoms with E-state index in [9.17, 15) is 9.59 Å². The van der Waals surface area contributed by atoms with E-state index >= 15 is 0 Å². The van der Waals surface area contributed by atoms with Crippen LogP contribution >= 0.6 is 0 Å². The average molecular weight is 232 g/mol. The van der Waals surface area contributed by atoms with Gasteiger partial charge in [0.25, 0.3) is 0 Å². The van der Waals surface area contributed by atoms with Gasteiger partial charge in [-0.15, -0.1) is 0 Å². The van der Waals surface area contributed by atoms with Crippen LogP contribution in [0.3, 0.4) is 0 Å². The second kappa shape index (κ2) is 5.99. The zero-order valence-corrected chi connectivity index (χ0v) is 10.1. The number of benzene rings is 1. The molecule has 90 valence electrons. The molecule has 0 saturated heterocycles. The van der Waals surface area contributed by atoms with E-state index in [0.717, 1.165) is 5.57 Å². The highest BCUT2D eigenvalue weighted by Crippen LogP contribution is 2.10. The lowest BCUT2D eigenvalue weighted by Crippen LogP contribution is -2.24. The Hall–Kier alpha value is -1.90. The Morgan fingerprint density at radius 2 is 1.88 bits per heavy atom. The van der Waals surface area contributed by atoms with E-state index in [1.54, 1.807) is 38.1 Å². The summed E-state index contributed by atoms with van der Waals surface area (Å²) < 4.78 is 4.95. The van der Waals surface area contributed by atoms with Gasteiger partial charge in [-0.25, -0.2) is 0 Å². The topological polar surface area (TPSA) is 43.4 Å². The van der Waals surface area contributed by atoms with Gasteiger partial charge in [-0.05, 0) is 19.4 Å². The molecule has 1 atom stereocenters. The van der Waals surface area contributed by atoms with Gasteiger partial charge in [0, 0.05) is 5.56 Å². The summed E-state index contributed by atoms with van der Waals surface area (Å²) in [6.45, 7) is 7.10.